The number of anilines is 1. The first-order valence-electron chi connectivity index (χ1n) is 7.84. The van der Waals surface area contributed by atoms with E-state index < -0.39 is 29.0 Å². The van der Waals surface area contributed by atoms with E-state index in [2.05, 4.69) is 5.32 Å². The third-order valence-electron chi connectivity index (χ3n) is 3.84. The van der Waals surface area contributed by atoms with Crippen molar-refractivity contribution in [2.75, 3.05) is 18.5 Å². The molecule has 2 aromatic rings. The Bertz CT molecular complexity index is 776. The molecule has 0 saturated carbocycles. The van der Waals surface area contributed by atoms with Gasteiger partial charge in [0.1, 0.15) is 12.4 Å². The van der Waals surface area contributed by atoms with E-state index in [0.717, 1.165) is 31.6 Å². The molecule has 4 nitrogen and oxygen atoms in total. The van der Waals surface area contributed by atoms with Crippen molar-refractivity contribution in [3.8, 4) is 5.75 Å². The van der Waals surface area contributed by atoms with E-state index in [1.165, 1.54) is 12.1 Å². The first-order chi connectivity index (χ1) is 12.0. The fraction of sp³-hybridized carbons (Fsp3) is 0.278. The molecule has 0 spiro atoms. The Morgan fingerprint density at radius 2 is 2.04 bits per heavy atom. The Hall–Kier alpha value is -2.54. The van der Waals surface area contributed by atoms with Crippen molar-refractivity contribution in [2.24, 2.45) is 0 Å². The van der Waals surface area contributed by atoms with Gasteiger partial charge in [0.2, 0.25) is 0 Å². The standard InChI is InChI=1S/C18H16F3NO3/c19-14-6-7-15(17(21)16(14)20)22-18(23)11-3-1-4-12(9-11)25-10-13-5-2-8-24-13/h1,3-4,6-7,9,13H,2,5,8,10H2,(H,22,23)/t13-/m1/s1. The summed E-state index contributed by atoms with van der Waals surface area (Å²) in [6.45, 7) is 1.10. The van der Waals surface area contributed by atoms with Gasteiger partial charge in [-0.05, 0) is 43.2 Å². The van der Waals surface area contributed by atoms with E-state index in [1.807, 2.05) is 0 Å². The number of halogens is 3. The molecule has 1 atom stereocenters. The van der Waals surface area contributed by atoms with Crippen LogP contribution in [0.3, 0.4) is 0 Å². The zero-order valence-corrected chi connectivity index (χ0v) is 13.2. The topological polar surface area (TPSA) is 47.6 Å². The second-order valence-electron chi connectivity index (χ2n) is 5.65. The second kappa shape index (κ2) is 7.57. The monoisotopic (exact) mass is 351 g/mol. The molecule has 1 saturated heterocycles. The number of benzene rings is 2. The number of carbonyl (C=O) groups is 1. The number of rotatable bonds is 5. The minimum absolute atomic E-state index is 0.0359. The van der Waals surface area contributed by atoms with Crippen LogP contribution in [-0.2, 0) is 4.74 Å². The van der Waals surface area contributed by atoms with Crippen molar-refractivity contribution in [2.45, 2.75) is 18.9 Å². The molecule has 2 aromatic carbocycles. The van der Waals surface area contributed by atoms with Crippen LogP contribution >= 0.6 is 0 Å². The third kappa shape index (κ3) is 4.11. The molecule has 0 aromatic heterocycles. The number of hydrogen-bond acceptors (Lipinski definition) is 3. The summed E-state index contributed by atoms with van der Waals surface area (Å²) in [5.41, 5.74) is -0.233. The summed E-state index contributed by atoms with van der Waals surface area (Å²) in [7, 11) is 0. The van der Waals surface area contributed by atoms with Crippen molar-refractivity contribution in [3.63, 3.8) is 0 Å². The Labute approximate surface area is 142 Å². The maximum Gasteiger partial charge on any atom is 0.255 e. The van der Waals surface area contributed by atoms with Crippen molar-refractivity contribution in [3.05, 3.63) is 59.4 Å². The minimum Gasteiger partial charge on any atom is -0.491 e. The van der Waals surface area contributed by atoms with E-state index in [4.69, 9.17) is 9.47 Å². The zero-order valence-electron chi connectivity index (χ0n) is 13.2. The minimum atomic E-state index is -1.63. The molecule has 1 fully saturated rings. The van der Waals surface area contributed by atoms with Gasteiger partial charge in [0.25, 0.3) is 5.91 Å². The summed E-state index contributed by atoms with van der Waals surface area (Å²) in [5, 5.41) is 2.22. The largest absolute Gasteiger partial charge is 0.491 e. The normalized spacial score (nSPS) is 16.7. The molecule has 1 N–H and O–H groups in total. The van der Waals surface area contributed by atoms with Crippen molar-refractivity contribution >= 4 is 11.6 Å². The number of nitrogens with one attached hydrogen (secondary N) is 1. The predicted octanol–water partition coefficient (Wildman–Crippen LogP) is 3.91. The predicted molar refractivity (Wildman–Crippen MR) is 85.2 cm³/mol. The smallest absolute Gasteiger partial charge is 0.255 e. The highest BCUT2D eigenvalue weighted by molar-refractivity contribution is 6.04. The van der Waals surface area contributed by atoms with Crippen LogP contribution in [0, 0.1) is 17.5 Å². The molecule has 132 valence electrons. The van der Waals surface area contributed by atoms with Gasteiger partial charge in [0.15, 0.2) is 17.5 Å². The Kier molecular flexibility index (Phi) is 5.23. The van der Waals surface area contributed by atoms with Gasteiger partial charge in [-0.2, -0.15) is 0 Å². The van der Waals surface area contributed by atoms with Crippen molar-refractivity contribution < 1.29 is 27.4 Å². The summed E-state index contributed by atoms with van der Waals surface area (Å²) in [4.78, 5) is 12.2. The van der Waals surface area contributed by atoms with Crippen LogP contribution < -0.4 is 10.1 Å². The highest BCUT2D eigenvalue weighted by Crippen LogP contribution is 2.22. The number of amides is 1. The van der Waals surface area contributed by atoms with Gasteiger partial charge >= 0.3 is 0 Å². The van der Waals surface area contributed by atoms with E-state index in [1.54, 1.807) is 12.1 Å². The summed E-state index contributed by atoms with van der Waals surface area (Å²) in [6.07, 6.45) is 1.96. The van der Waals surface area contributed by atoms with Crippen molar-refractivity contribution in [1.82, 2.24) is 0 Å². The molecule has 1 aliphatic rings. The molecule has 7 heteroatoms. The molecular formula is C18H16F3NO3. The first-order valence-corrected chi connectivity index (χ1v) is 7.84. The van der Waals surface area contributed by atoms with Gasteiger partial charge in [-0.1, -0.05) is 6.07 Å². The van der Waals surface area contributed by atoms with Crippen LogP contribution in [0.2, 0.25) is 0 Å². The second-order valence-corrected chi connectivity index (χ2v) is 5.65. The van der Waals surface area contributed by atoms with E-state index >= 15 is 0 Å². The Morgan fingerprint density at radius 1 is 1.20 bits per heavy atom. The van der Waals surface area contributed by atoms with Crippen LogP contribution in [0.1, 0.15) is 23.2 Å². The summed E-state index contributed by atoms with van der Waals surface area (Å²) < 4.78 is 50.9. The maximum absolute atomic E-state index is 13.6. The van der Waals surface area contributed by atoms with Gasteiger partial charge in [-0.3, -0.25) is 4.79 Å². The SMILES string of the molecule is O=C(Nc1ccc(F)c(F)c1F)c1cccc(OC[C@H]2CCCO2)c1. The fourth-order valence-electron chi connectivity index (χ4n) is 2.51. The van der Waals surface area contributed by atoms with Gasteiger partial charge < -0.3 is 14.8 Å². The molecule has 1 heterocycles. The highest BCUT2D eigenvalue weighted by Gasteiger charge is 2.18. The van der Waals surface area contributed by atoms with Crippen LogP contribution in [0.25, 0.3) is 0 Å². The molecule has 0 radical (unpaired) electrons. The maximum atomic E-state index is 13.6. The number of carbonyl (C=O) groups excluding carboxylic acids is 1. The summed E-state index contributed by atoms with van der Waals surface area (Å²) in [6, 6.07) is 8.00. The van der Waals surface area contributed by atoms with E-state index in [0.29, 0.717) is 12.4 Å². The lowest BCUT2D eigenvalue weighted by Crippen LogP contribution is -2.17. The van der Waals surface area contributed by atoms with E-state index in [-0.39, 0.29) is 11.7 Å². The molecular weight excluding hydrogens is 335 g/mol. The van der Waals surface area contributed by atoms with Crippen LogP contribution in [-0.4, -0.2) is 25.2 Å². The highest BCUT2D eigenvalue weighted by atomic mass is 19.2. The summed E-state index contributed by atoms with van der Waals surface area (Å²) in [5.74, 6) is -4.59. The van der Waals surface area contributed by atoms with Gasteiger partial charge in [0.05, 0.1) is 11.8 Å². The molecule has 1 amide bonds. The quantitative estimate of drug-likeness (QED) is 0.831. The fourth-order valence-corrected chi connectivity index (χ4v) is 2.51. The lowest BCUT2D eigenvalue weighted by atomic mass is 10.2. The number of hydrogen-bond donors (Lipinski definition) is 1. The molecule has 0 bridgehead atoms. The average molecular weight is 351 g/mol. The molecule has 0 unspecified atom stereocenters. The van der Waals surface area contributed by atoms with Gasteiger partial charge in [-0.15, -0.1) is 0 Å². The van der Waals surface area contributed by atoms with Crippen LogP contribution in [0.15, 0.2) is 36.4 Å². The third-order valence-corrected chi connectivity index (χ3v) is 3.84. The molecule has 3 rings (SSSR count). The molecule has 0 aliphatic carbocycles. The van der Waals surface area contributed by atoms with Crippen LogP contribution in [0.4, 0.5) is 18.9 Å². The lowest BCUT2D eigenvalue weighted by molar-refractivity contribution is 0.0679. The van der Waals surface area contributed by atoms with Gasteiger partial charge in [0, 0.05) is 12.2 Å². The zero-order chi connectivity index (χ0) is 17.8. The number of ether oxygens (including phenoxy) is 2. The average Bonchev–Trinajstić information content (AvgIpc) is 3.14. The Morgan fingerprint density at radius 3 is 2.80 bits per heavy atom. The lowest BCUT2D eigenvalue weighted by Gasteiger charge is -2.12. The van der Waals surface area contributed by atoms with E-state index in [9.17, 15) is 18.0 Å². The van der Waals surface area contributed by atoms with Crippen LogP contribution in [0.5, 0.6) is 5.75 Å². The molecule has 1 aliphatic heterocycles. The van der Waals surface area contributed by atoms with Crippen molar-refractivity contribution in [1.29, 1.82) is 0 Å². The molecule has 25 heavy (non-hydrogen) atoms. The summed E-state index contributed by atoms with van der Waals surface area (Å²) >= 11 is 0. The Balaban J connectivity index is 1.67. The first kappa shape index (κ1) is 17.3. The van der Waals surface area contributed by atoms with Gasteiger partial charge in [-0.25, -0.2) is 13.2 Å².